The van der Waals surface area contributed by atoms with Crippen LogP contribution >= 0.6 is 0 Å². The number of fused-ring (bicyclic) bond motifs is 2. The van der Waals surface area contributed by atoms with E-state index in [4.69, 9.17) is 18.9 Å². The third kappa shape index (κ3) is 4.57. The molecule has 2 aliphatic rings. The Morgan fingerprint density at radius 2 is 2.03 bits per heavy atom. The zero-order chi connectivity index (χ0) is 23.5. The summed E-state index contributed by atoms with van der Waals surface area (Å²) in [7, 11) is 1.64. The summed E-state index contributed by atoms with van der Waals surface area (Å²) in [5, 5.41) is 14.9. The molecule has 3 aromatic rings. The van der Waals surface area contributed by atoms with Gasteiger partial charge in [-0.05, 0) is 54.9 Å². The van der Waals surface area contributed by atoms with Crippen LogP contribution in [0, 0.1) is 0 Å². The first-order valence-electron chi connectivity index (χ1n) is 11.3. The molecule has 0 bridgehead atoms. The summed E-state index contributed by atoms with van der Waals surface area (Å²) in [5.74, 6) is 2.04. The molecule has 9 nitrogen and oxygen atoms in total. The number of carbonyl (C=O) groups is 1. The molecular weight excluding hydrogens is 438 g/mol. The molecule has 178 valence electrons. The van der Waals surface area contributed by atoms with Gasteiger partial charge in [-0.2, -0.15) is 0 Å². The van der Waals surface area contributed by atoms with E-state index in [0.29, 0.717) is 43.5 Å². The van der Waals surface area contributed by atoms with Crippen molar-refractivity contribution in [3.63, 3.8) is 0 Å². The third-order valence-electron chi connectivity index (χ3n) is 6.07. The Morgan fingerprint density at radius 3 is 2.88 bits per heavy atom. The van der Waals surface area contributed by atoms with Crippen molar-refractivity contribution in [3.8, 4) is 17.2 Å². The number of hydrogen-bond acceptors (Lipinski definition) is 8. The summed E-state index contributed by atoms with van der Waals surface area (Å²) in [6.45, 7) is 2.19. The summed E-state index contributed by atoms with van der Waals surface area (Å²) in [6, 6.07) is 13.1. The summed E-state index contributed by atoms with van der Waals surface area (Å²) in [4.78, 5) is 18.3. The Labute approximate surface area is 197 Å². The van der Waals surface area contributed by atoms with E-state index in [1.165, 1.54) is 4.90 Å². The molecule has 2 atom stereocenters. The summed E-state index contributed by atoms with van der Waals surface area (Å²) in [5.41, 5.74) is 2.70. The van der Waals surface area contributed by atoms with Gasteiger partial charge in [0.25, 0.3) is 0 Å². The number of nitrogens with zero attached hydrogens (tertiary/aromatic N) is 2. The van der Waals surface area contributed by atoms with Gasteiger partial charge in [0, 0.05) is 24.2 Å². The Kier molecular flexibility index (Phi) is 6.37. The maximum atomic E-state index is 12.4. The van der Waals surface area contributed by atoms with Gasteiger partial charge in [0.05, 0.1) is 24.9 Å². The summed E-state index contributed by atoms with van der Waals surface area (Å²) < 4.78 is 21.9. The highest BCUT2D eigenvalue weighted by Gasteiger charge is 2.37. The number of methoxy groups -OCH3 is 1. The minimum atomic E-state index is -0.833. The van der Waals surface area contributed by atoms with E-state index >= 15 is 0 Å². The highest BCUT2D eigenvalue weighted by molar-refractivity contribution is 5.90. The number of nitrogens with one attached hydrogen (secondary N) is 1. The Hall–Kier alpha value is -3.56. The molecule has 3 heterocycles. The molecule has 5 rings (SSSR count). The van der Waals surface area contributed by atoms with Crippen LogP contribution in [0.5, 0.6) is 17.2 Å². The lowest BCUT2D eigenvalue weighted by molar-refractivity contribution is 0.0333. The van der Waals surface area contributed by atoms with Crippen LogP contribution < -0.4 is 24.4 Å². The molecule has 2 aliphatic heterocycles. The fraction of sp³-hybridized carbons (Fsp3) is 0.360. The first-order chi connectivity index (χ1) is 16.6. The minimum absolute atomic E-state index is 0.260. The van der Waals surface area contributed by atoms with Gasteiger partial charge in [-0.1, -0.05) is 0 Å². The van der Waals surface area contributed by atoms with E-state index < -0.39 is 18.3 Å². The normalized spacial score (nSPS) is 18.1. The predicted octanol–water partition coefficient (Wildman–Crippen LogP) is 2.53. The number of rotatable bonds is 8. The van der Waals surface area contributed by atoms with Crippen molar-refractivity contribution in [2.45, 2.75) is 18.6 Å². The zero-order valence-corrected chi connectivity index (χ0v) is 18.9. The molecule has 0 spiro atoms. The second-order valence-electron chi connectivity index (χ2n) is 8.24. The van der Waals surface area contributed by atoms with E-state index in [9.17, 15) is 9.90 Å². The largest absolute Gasteiger partial charge is 0.497 e. The van der Waals surface area contributed by atoms with Crippen LogP contribution in [-0.2, 0) is 11.2 Å². The molecule has 1 aromatic heterocycles. The molecule has 2 N–H and O–H groups in total. The first kappa shape index (κ1) is 22.2. The number of amides is 1. The minimum Gasteiger partial charge on any atom is -0.497 e. The molecule has 9 heteroatoms. The quantitative estimate of drug-likeness (QED) is 0.490. The van der Waals surface area contributed by atoms with Crippen molar-refractivity contribution in [2.75, 3.05) is 44.9 Å². The number of aromatic nitrogens is 1. The van der Waals surface area contributed by atoms with E-state index in [1.807, 2.05) is 24.3 Å². The lowest BCUT2D eigenvalue weighted by Crippen LogP contribution is -2.39. The molecule has 1 saturated heterocycles. The second kappa shape index (κ2) is 9.74. The van der Waals surface area contributed by atoms with Crippen molar-refractivity contribution < 1.29 is 28.8 Å². The van der Waals surface area contributed by atoms with Gasteiger partial charge < -0.3 is 29.4 Å². The van der Waals surface area contributed by atoms with E-state index in [-0.39, 0.29) is 6.54 Å². The fourth-order valence-electron chi connectivity index (χ4n) is 4.23. The van der Waals surface area contributed by atoms with E-state index in [0.717, 1.165) is 28.6 Å². The lowest BCUT2D eigenvalue weighted by atomic mass is 10.1. The average molecular weight is 466 g/mol. The van der Waals surface area contributed by atoms with Crippen molar-refractivity contribution in [1.29, 1.82) is 0 Å². The maximum absolute atomic E-state index is 12.4. The van der Waals surface area contributed by atoms with Gasteiger partial charge in [0.15, 0.2) is 11.5 Å². The molecule has 2 aromatic carbocycles. The van der Waals surface area contributed by atoms with E-state index in [2.05, 4.69) is 10.3 Å². The molecule has 1 amide bonds. The van der Waals surface area contributed by atoms with Gasteiger partial charge in [-0.3, -0.25) is 9.88 Å². The van der Waals surface area contributed by atoms with Crippen LogP contribution in [0.1, 0.15) is 5.56 Å². The van der Waals surface area contributed by atoms with Gasteiger partial charge in [-0.25, -0.2) is 4.79 Å². The van der Waals surface area contributed by atoms with Crippen molar-refractivity contribution >= 4 is 22.7 Å². The molecular formula is C25H27N3O6. The van der Waals surface area contributed by atoms with Crippen molar-refractivity contribution in [2.24, 2.45) is 0 Å². The highest BCUT2D eigenvalue weighted by atomic mass is 16.6. The Bertz CT molecular complexity index is 1190. The zero-order valence-electron chi connectivity index (χ0n) is 18.9. The molecule has 1 fully saturated rings. The number of carbonyl (C=O) groups excluding carboxylic acids is 1. The molecule has 0 aliphatic carbocycles. The standard InChI is InChI=1S/C25H27N3O6/c1-31-18-3-4-20-19(13-18)16(7-9-27-20)6-8-26-14-21(29)24-15-28(25(30)34-24)17-2-5-22-23(12-17)33-11-10-32-22/h2-5,7,9,12-13,21,24,26,29H,6,8,10-11,14-15H2,1H3/t21-,24?/m0/s1. The maximum Gasteiger partial charge on any atom is 0.414 e. The number of anilines is 1. The highest BCUT2D eigenvalue weighted by Crippen LogP contribution is 2.35. The molecule has 0 saturated carbocycles. The summed E-state index contributed by atoms with van der Waals surface area (Å²) >= 11 is 0. The van der Waals surface area contributed by atoms with Crippen LogP contribution in [0.15, 0.2) is 48.7 Å². The number of aliphatic hydroxyl groups is 1. The molecule has 1 unspecified atom stereocenters. The molecule has 0 radical (unpaired) electrons. The Balaban J connectivity index is 1.15. The van der Waals surface area contributed by atoms with Crippen LogP contribution in [0.4, 0.5) is 10.5 Å². The van der Waals surface area contributed by atoms with Crippen LogP contribution in [0.2, 0.25) is 0 Å². The number of benzene rings is 2. The topological polar surface area (TPSA) is 102 Å². The van der Waals surface area contributed by atoms with Gasteiger partial charge in [0.2, 0.25) is 0 Å². The predicted molar refractivity (Wildman–Crippen MR) is 126 cm³/mol. The Morgan fingerprint density at radius 1 is 1.18 bits per heavy atom. The van der Waals surface area contributed by atoms with Gasteiger partial charge >= 0.3 is 6.09 Å². The van der Waals surface area contributed by atoms with Crippen LogP contribution in [0.3, 0.4) is 0 Å². The van der Waals surface area contributed by atoms with E-state index in [1.54, 1.807) is 31.5 Å². The summed E-state index contributed by atoms with van der Waals surface area (Å²) in [6.07, 6.45) is 0.605. The van der Waals surface area contributed by atoms with Crippen LogP contribution in [-0.4, -0.2) is 68.3 Å². The second-order valence-corrected chi connectivity index (χ2v) is 8.24. The third-order valence-corrected chi connectivity index (χ3v) is 6.07. The van der Waals surface area contributed by atoms with Gasteiger partial charge in [-0.15, -0.1) is 0 Å². The monoisotopic (exact) mass is 465 g/mol. The first-order valence-corrected chi connectivity index (χ1v) is 11.3. The number of cyclic esters (lactones) is 1. The SMILES string of the molecule is COc1ccc2nccc(CCNC[C@H](O)C3CN(c4ccc5c(c4)OCCO5)C(=O)O3)c2c1. The van der Waals surface area contributed by atoms with Gasteiger partial charge in [0.1, 0.15) is 31.2 Å². The number of pyridine rings is 1. The number of aliphatic hydroxyl groups excluding tert-OH is 1. The number of hydrogen-bond donors (Lipinski definition) is 2. The average Bonchev–Trinajstić information content (AvgIpc) is 3.27. The van der Waals surface area contributed by atoms with Crippen LogP contribution in [0.25, 0.3) is 10.9 Å². The number of ether oxygens (including phenoxy) is 4. The lowest BCUT2D eigenvalue weighted by Gasteiger charge is -2.21. The van der Waals surface area contributed by atoms with Crippen molar-refractivity contribution in [1.82, 2.24) is 10.3 Å². The smallest absolute Gasteiger partial charge is 0.414 e. The fourth-order valence-corrected chi connectivity index (χ4v) is 4.23. The molecule has 34 heavy (non-hydrogen) atoms. The van der Waals surface area contributed by atoms with Crippen molar-refractivity contribution in [3.05, 3.63) is 54.2 Å².